The van der Waals surface area contributed by atoms with Gasteiger partial charge in [0.15, 0.2) is 5.75 Å². The lowest BCUT2D eigenvalue weighted by Crippen LogP contribution is -2.28. The number of nitrogens with zero attached hydrogens (tertiary/aromatic N) is 2. The Morgan fingerprint density at radius 3 is 2.52 bits per heavy atom. The number of para-hydroxylation sites is 1. The molecule has 1 aromatic carbocycles. The van der Waals surface area contributed by atoms with Crippen LogP contribution in [-0.2, 0) is 11.3 Å². The third kappa shape index (κ3) is 4.28. The van der Waals surface area contributed by atoms with Crippen LogP contribution in [0.2, 0.25) is 10.0 Å². The van der Waals surface area contributed by atoms with Crippen molar-refractivity contribution in [2.45, 2.75) is 6.54 Å². The molecular weight excluding hydrogens is 375 g/mol. The summed E-state index contributed by atoms with van der Waals surface area (Å²) in [6, 6.07) is 5.68. The average molecular weight is 387 g/mol. The summed E-state index contributed by atoms with van der Waals surface area (Å²) in [5.41, 5.74) is -1.59. The molecule has 0 radical (unpaired) electrons. The molecule has 0 fully saturated rings. The van der Waals surface area contributed by atoms with E-state index in [2.05, 4.69) is 4.74 Å². The van der Waals surface area contributed by atoms with Crippen LogP contribution in [0, 0.1) is 10.1 Å². The van der Waals surface area contributed by atoms with Crippen LogP contribution in [0.4, 0.5) is 5.69 Å². The van der Waals surface area contributed by atoms with E-state index in [9.17, 15) is 19.7 Å². The number of hydrogen-bond acceptors (Lipinski definition) is 6. The molecule has 0 spiro atoms. The highest BCUT2D eigenvalue weighted by Crippen LogP contribution is 2.32. The monoisotopic (exact) mass is 386 g/mol. The molecule has 2 rings (SSSR count). The summed E-state index contributed by atoms with van der Waals surface area (Å²) in [4.78, 5) is 34.1. The number of carbonyl (C=O) groups is 1. The molecule has 0 aliphatic carbocycles. The zero-order chi connectivity index (χ0) is 18.6. The molecule has 25 heavy (non-hydrogen) atoms. The summed E-state index contributed by atoms with van der Waals surface area (Å²) >= 11 is 11.9. The minimum atomic E-state index is -0.961. The molecule has 8 nitrogen and oxygen atoms in total. The molecular formula is C15H12Cl2N2O6. The zero-order valence-electron chi connectivity index (χ0n) is 12.9. The lowest BCUT2D eigenvalue weighted by atomic mass is 10.2. The van der Waals surface area contributed by atoms with Gasteiger partial charge in [0.2, 0.25) is 0 Å². The van der Waals surface area contributed by atoms with E-state index in [0.717, 1.165) is 23.9 Å². The van der Waals surface area contributed by atoms with Crippen LogP contribution in [-0.4, -0.2) is 29.2 Å². The molecule has 0 N–H and O–H groups in total. The smallest absolute Gasteiger partial charge is 0.343 e. The van der Waals surface area contributed by atoms with Crippen molar-refractivity contribution in [3.63, 3.8) is 0 Å². The number of benzene rings is 1. The van der Waals surface area contributed by atoms with E-state index >= 15 is 0 Å². The van der Waals surface area contributed by atoms with Crippen molar-refractivity contribution >= 4 is 34.9 Å². The van der Waals surface area contributed by atoms with Gasteiger partial charge in [-0.3, -0.25) is 14.9 Å². The standard InChI is InChI=1S/C15H12Cl2N2O6/c1-24-15(21)10-7-9(19(22)23)8-18(14(10)20)5-6-25-13-11(16)3-2-4-12(13)17/h2-4,7-8H,5-6H2,1H3. The minimum Gasteiger partial charge on any atom is -0.489 e. The van der Waals surface area contributed by atoms with E-state index in [4.69, 9.17) is 27.9 Å². The Morgan fingerprint density at radius 2 is 1.96 bits per heavy atom. The quantitative estimate of drug-likeness (QED) is 0.429. The van der Waals surface area contributed by atoms with Crippen molar-refractivity contribution in [3.05, 3.63) is 66.5 Å². The molecule has 1 heterocycles. The fourth-order valence-corrected chi connectivity index (χ4v) is 2.52. The Kier molecular flexibility index (Phi) is 6.00. The van der Waals surface area contributed by atoms with Gasteiger partial charge in [0.05, 0.1) is 34.8 Å². The molecule has 2 aromatic rings. The SMILES string of the molecule is COC(=O)c1cc([N+](=O)[O-])cn(CCOc2c(Cl)cccc2Cl)c1=O. The fourth-order valence-electron chi connectivity index (χ4n) is 2.01. The van der Waals surface area contributed by atoms with Crippen LogP contribution in [0.3, 0.4) is 0 Å². The second-order valence-corrected chi connectivity index (χ2v) is 5.57. The predicted octanol–water partition coefficient (Wildman–Crippen LogP) is 2.93. The third-order valence-electron chi connectivity index (χ3n) is 3.19. The minimum absolute atomic E-state index is 0.0505. The third-order valence-corrected chi connectivity index (χ3v) is 3.78. The lowest BCUT2D eigenvalue weighted by Gasteiger charge is -2.11. The number of aromatic nitrogens is 1. The van der Waals surface area contributed by atoms with Gasteiger partial charge in [0.25, 0.3) is 11.2 Å². The van der Waals surface area contributed by atoms with Gasteiger partial charge in [-0.15, -0.1) is 0 Å². The van der Waals surface area contributed by atoms with Crippen LogP contribution in [0.5, 0.6) is 5.75 Å². The molecule has 0 unspecified atom stereocenters. The van der Waals surface area contributed by atoms with Crippen LogP contribution < -0.4 is 10.3 Å². The molecule has 0 aliphatic heterocycles. The molecule has 0 bridgehead atoms. The highest BCUT2D eigenvalue weighted by Gasteiger charge is 2.19. The van der Waals surface area contributed by atoms with Crippen molar-refractivity contribution in [1.82, 2.24) is 4.57 Å². The Bertz CT molecular complexity index is 861. The number of rotatable bonds is 6. The van der Waals surface area contributed by atoms with Crippen LogP contribution in [0.1, 0.15) is 10.4 Å². The zero-order valence-corrected chi connectivity index (χ0v) is 14.4. The first-order chi connectivity index (χ1) is 11.8. The van der Waals surface area contributed by atoms with Crippen LogP contribution in [0.15, 0.2) is 35.3 Å². The maximum Gasteiger partial charge on any atom is 0.343 e. The van der Waals surface area contributed by atoms with Gasteiger partial charge in [0.1, 0.15) is 12.2 Å². The summed E-state index contributed by atoms with van der Waals surface area (Å²) in [6.45, 7) is -0.114. The number of nitro groups is 1. The number of methoxy groups -OCH3 is 1. The first-order valence-corrected chi connectivity index (χ1v) is 7.64. The summed E-state index contributed by atoms with van der Waals surface area (Å²) in [5, 5.41) is 11.6. The molecule has 0 amide bonds. The number of hydrogen-bond donors (Lipinski definition) is 0. The highest BCUT2D eigenvalue weighted by atomic mass is 35.5. The van der Waals surface area contributed by atoms with Gasteiger partial charge in [-0.2, -0.15) is 0 Å². The number of carbonyl (C=O) groups excluding carboxylic acids is 1. The largest absolute Gasteiger partial charge is 0.489 e. The first kappa shape index (κ1) is 18.8. The number of pyridine rings is 1. The molecule has 0 saturated carbocycles. The fraction of sp³-hybridized carbons (Fsp3) is 0.200. The summed E-state index contributed by atoms with van der Waals surface area (Å²) in [6.07, 6.45) is 1.02. The van der Waals surface area contributed by atoms with E-state index < -0.39 is 27.7 Å². The van der Waals surface area contributed by atoms with Crippen molar-refractivity contribution in [1.29, 1.82) is 0 Å². The van der Waals surface area contributed by atoms with Crippen molar-refractivity contribution in [2.24, 2.45) is 0 Å². The number of ether oxygens (including phenoxy) is 2. The maximum atomic E-state index is 12.3. The molecule has 0 aliphatic rings. The molecule has 132 valence electrons. The number of esters is 1. The molecule has 10 heteroatoms. The molecule has 1 aromatic heterocycles. The van der Waals surface area contributed by atoms with Crippen LogP contribution in [0.25, 0.3) is 0 Å². The van der Waals surface area contributed by atoms with Gasteiger partial charge < -0.3 is 14.0 Å². The summed E-state index contributed by atoms with van der Waals surface area (Å²) in [5.74, 6) is -0.727. The topological polar surface area (TPSA) is 101 Å². The Hall–Kier alpha value is -2.58. The van der Waals surface area contributed by atoms with Gasteiger partial charge in [0, 0.05) is 6.07 Å². The summed E-state index contributed by atoms with van der Waals surface area (Å²) < 4.78 is 10.9. The highest BCUT2D eigenvalue weighted by molar-refractivity contribution is 6.37. The van der Waals surface area contributed by atoms with E-state index in [-0.39, 0.29) is 28.9 Å². The molecule has 0 saturated heterocycles. The summed E-state index contributed by atoms with van der Waals surface area (Å²) in [7, 11) is 1.08. The van der Waals surface area contributed by atoms with Gasteiger partial charge in [-0.05, 0) is 12.1 Å². The predicted molar refractivity (Wildman–Crippen MR) is 90.7 cm³/mol. The van der Waals surface area contributed by atoms with Crippen molar-refractivity contribution < 1.29 is 19.2 Å². The van der Waals surface area contributed by atoms with Gasteiger partial charge in [-0.25, -0.2) is 4.79 Å². The van der Waals surface area contributed by atoms with E-state index in [1.54, 1.807) is 18.2 Å². The molecule has 0 atom stereocenters. The first-order valence-electron chi connectivity index (χ1n) is 6.89. The van der Waals surface area contributed by atoms with E-state index in [0.29, 0.717) is 0 Å². The van der Waals surface area contributed by atoms with Crippen molar-refractivity contribution in [2.75, 3.05) is 13.7 Å². The average Bonchev–Trinajstić information content (AvgIpc) is 2.57. The van der Waals surface area contributed by atoms with Crippen molar-refractivity contribution in [3.8, 4) is 5.75 Å². The van der Waals surface area contributed by atoms with E-state index in [1.165, 1.54) is 0 Å². The Balaban J connectivity index is 2.27. The second-order valence-electron chi connectivity index (χ2n) is 4.76. The second kappa shape index (κ2) is 8.00. The maximum absolute atomic E-state index is 12.3. The Labute approximate surface area is 151 Å². The van der Waals surface area contributed by atoms with Crippen LogP contribution >= 0.6 is 23.2 Å². The Morgan fingerprint density at radius 1 is 1.32 bits per heavy atom. The van der Waals surface area contributed by atoms with Gasteiger partial charge >= 0.3 is 5.97 Å². The number of halogens is 2. The lowest BCUT2D eigenvalue weighted by molar-refractivity contribution is -0.385. The normalized spacial score (nSPS) is 10.4. The van der Waals surface area contributed by atoms with E-state index in [1.807, 2.05) is 0 Å². The van der Waals surface area contributed by atoms with Gasteiger partial charge in [-0.1, -0.05) is 29.3 Å².